The topological polar surface area (TPSA) is 63.3 Å². The normalized spacial score (nSPS) is 18.4. The number of hydrogen-bond donors (Lipinski definition) is 2. The van der Waals surface area contributed by atoms with E-state index in [1.165, 1.54) is 6.07 Å². The van der Waals surface area contributed by atoms with Gasteiger partial charge < -0.3 is 10.8 Å². The third-order valence-electron chi connectivity index (χ3n) is 3.65. The van der Waals surface area contributed by atoms with E-state index < -0.39 is 23.0 Å². The molecule has 18 heavy (non-hydrogen) atoms. The maximum absolute atomic E-state index is 13.1. The average molecular weight is 255 g/mol. The molecule has 1 aliphatic carbocycles. The highest BCUT2D eigenvalue weighted by molar-refractivity contribution is 5.76. The van der Waals surface area contributed by atoms with Crippen molar-refractivity contribution in [3.05, 3.63) is 35.4 Å². The lowest BCUT2D eigenvalue weighted by atomic mass is 9.77. The summed E-state index contributed by atoms with van der Waals surface area (Å²) < 4.78 is 25.9. The van der Waals surface area contributed by atoms with Gasteiger partial charge in [0.25, 0.3) is 0 Å². The molecule has 3 N–H and O–H groups in total. The van der Waals surface area contributed by atoms with E-state index >= 15 is 0 Å². The Bertz CT molecular complexity index is 474. The van der Waals surface area contributed by atoms with Gasteiger partial charge in [0.05, 0.1) is 5.41 Å². The summed E-state index contributed by atoms with van der Waals surface area (Å²) in [5.74, 6) is -2.82. The molecule has 3 nitrogen and oxygen atoms in total. The first-order chi connectivity index (χ1) is 8.49. The second-order valence-corrected chi connectivity index (χ2v) is 4.86. The van der Waals surface area contributed by atoms with Crippen LogP contribution in [0.5, 0.6) is 0 Å². The van der Waals surface area contributed by atoms with Gasteiger partial charge in [0.1, 0.15) is 0 Å². The van der Waals surface area contributed by atoms with Crippen molar-refractivity contribution in [3.63, 3.8) is 0 Å². The van der Waals surface area contributed by atoms with Crippen LogP contribution in [0.4, 0.5) is 8.78 Å². The zero-order chi connectivity index (χ0) is 13.3. The van der Waals surface area contributed by atoms with Gasteiger partial charge in [-0.15, -0.1) is 0 Å². The van der Waals surface area contributed by atoms with Crippen LogP contribution >= 0.6 is 0 Å². The summed E-state index contributed by atoms with van der Waals surface area (Å²) in [6.07, 6.45) is 1.79. The summed E-state index contributed by atoms with van der Waals surface area (Å²) in [7, 11) is 0. The molecule has 1 fully saturated rings. The number of carboxylic acids is 1. The summed E-state index contributed by atoms with van der Waals surface area (Å²) in [5.41, 5.74) is 5.03. The summed E-state index contributed by atoms with van der Waals surface area (Å²) in [6.45, 7) is 0.00595. The van der Waals surface area contributed by atoms with E-state index in [4.69, 9.17) is 5.73 Å². The van der Waals surface area contributed by atoms with Gasteiger partial charge in [-0.25, -0.2) is 8.78 Å². The van der Waals surface area contributed by atoms with Crippen molar-refractivity contribution in [1.29, 1.82) is 0 Å². The van der Waals surface area contributed by atoms with Crippen LogP contribution < -0.4 is 5.73 Å². The van der Waals surface area contributed by atoms with Gasteiger partial charge in [0.15, 0.2) is 11.6 Å². The van der Waals surface area contributed by atoms with Gasteiger partial charge in [0.2, 0.25) is 0 Å². The van der Waals surface area contributed by atoms with Crippen LogP contribution in [-0.4, -0.2) is 17.6 Å². The van der Waals surface area contributed by atoms with Crippen LogP contribution in [0.1, 0.15) is 18.4 Å². The molecule has 1 saturated carbocycles. The Kier molecular flexibility index (Phi) is 3.34. The molecule has 5 heteroatoms. The van der Waals surface area contributed by atoms with Crippen LogP contribution in [-0.2, 0) is 11.2 Å². The van der Waals surface area contributed by atoms with Crippen molar-refractivity contribution >= 4 is 5.97 Å². The maximum atomic E-state index is 13.1. The van der Waals surface area contributed by atoms with Gasteiger partial charge in [0, 0.05) is 6.54 Å². The number of carboxylic acid groups (broad SMARTS) is 1. The minimum absolute atomic E-state index is 0.00595. The van der Waals surface area contributed by atoms with Gasteiger partial charge in [-0.1, -0.05) is 6.07 Å². The fourth-order valence-electron chi connectivity index (χ4n) is 2.37. The molecule has 1 atom stereocenters. The molecule has 0 bridgehead atoms. The first-order valence-corrected chi connectivity index (χ1v) is 5.87. The van der Waals surface area contributed by atoms with Gasteiger partial charge >= 0.3 is 5.97 Å². The molecule has 1 unspecified atom stereocenters. The highest BCUT2D eigenvalue weighted by atomic mass is 19.2. The predicted molar refractivity (Wildman–Crippen MR) is 61.9 cm³/mol. The summed E-state index contributed by atoms with van der Waals surface area (Å²) in [6, 6.07) is 3.47. The van der Waals surface area contributed by atoms with Crippen molar-refractivity contribution in [2.24, 2.45) is 17.1 Å². The number of carbonyl (C=O) groups is 1. The molecule has 98 valence electrons. The third kappa shape index (κ3) is 2.22. The van der Waals surface area contributed by atoms with Gasteiger partial charge in [-0.05, 0) is 42.9 Å². The lowest BCUT2D eigenvalue weighted by Crippen LogP contribution is -2.42. The Morgan fingerprint density at radius 1 is 1.39 bits per heavy atom. The third-order valence-corrected chi connectivity index (χ3v) is 3.65. The minimum Gasteiger partial charge on any atom is -0.481 e. The molecular formula is C13H15F2NO2. The van der Waals surface area contributed by atoms with Crippen LogP contribution in [0.3, 0.4) is 0 Å². The van der Waals surface area contributed by atoms with Crippen LogP contribution in [0.2, 0.25) is 0 Å². The number of hydrogen-bond acceptors (Lipinski definition) is 2. The second-order valence-electron chi connectivity index (χ2n) is 4.86. The summed E-state index contributed by atoms with van der Waals surface area (Å²) >= 11 is 0. The van der Waals surface area contributed by atoms with E-state index in [1.54, 1.807) is 0 Å². The Hall–Kier alpha value is -1.49. The van der Waals surface area contributed by atoms with E-state index in [0.717, 1.165) is 25.0 Å². The first kappa shape index (κ1) is 13.0. The van der Waals surface area contributed by atoms with Crippen molar-refractivity contribution in [2.75, 3.05) is 6.54 Å². The largest absolute Gasteiger partial charge is 0.481 e. The Labute approximate surface area is 104 Å². The minimum atomic E-state index is -1.05. The van der Waals surface area contributed by atoms with Crippen molar-refractivity contribution in [2.45, 2.75) is 19.3 Å². The predicted octanol–water partition coefficient (Wildman–Crippen LogP) is 1.95. The van der Waals surface area contributed by atoms with Crippen molar-refractivity contribution in [3.8, 4) is 0 Å². The molecule has 1 aromatic rings. The van der Waals surface area contributed by atoms with Crippen molar-refractivity contribution in [1.82, 2.24) is 0 Å². The van der Waals surface area contributed by atoms with Gasteiger partial charge in [-0.3, -0.25) is 4.79 Å². The standard InChI is InChI=1S/C13H15F2NO2/c14-10-4-1-8(5-11(10)15)6-13(7-16,12(17)18)9-2-3-9/h1,4-5,9H,2-3,6-7,16H2,(H,17,18). The number of aliphatic carboxylic acids is 1. The number of halogens is 2. The maximum Gasteiger partial charge on any atom is 0.311 e. The Morgan fingerprint density at radius 3 is 2.50 bits per heavy atom. The molecular weight excluding hydrogens is 240 g/mol. The molecule has 0 aromatic heterocycles. The molecule has 0 aliphatic heterocycles. The van der Waals surface area contributed by atoms with E-state index in [0.29, 0.717) is 5.56 Å². The Balaban J connectivity index is 2.28. The second kappa shape index (κ2) is 4.65. The quantitative estimate of drug-likeness (QED) is 0.845. The molecule has 2 rings (SSSR count). The average Bonchev–Trinajstić information content (AvgIpc) is 3.14. The fourth-order valence-corrected chi connectivity index (χ4v) is 2.37. The number of nitrogens with two attached hydrogens (primary N) is 1. The van der Waals surface area contributed by atoms with Crippen molar-refractivity contribution < 1.29 is 18.7 Å². The zero-order valence-corrected chi connectivity index (χ0v) is 9.83. The number of benzene rings is 1. The van der Waals surface area contributed by atoms with E-state index in [2.05, 4.69) is 0 Å². The highest BCUT2D eigenvalue weighted by Crippen LogP contribution is 2.47. The SMILES string of the molecule is NCC(Cc1ccc(F)c(F)c1)(C(=O)O)C1CC1. The first-order valence-electron chi connectivity index (χ1n) is 5.87. The molecule has 0 amide bonds. The molecule has 0 saturated heterocycles. The van der Waals surface area contributed by atoms with Crippen LogP contribution in [0, 0.1) is 23.0 Å². The van der Waals surface area contributed by atoms with Crippen LogP contribution in [0.25, 0.3) is 0 Å². The molecule has 0 spiro atoms. The summed E-state index contributed by atoms with van der Waals surface area (Å²) in [5, 5.41) is 9.37. The molecule has 0 heterocycles. The molecule has 1 aliphatic rings. The van der Waals surface area contributed by atoms with E-state index in [1.807, 2.05) is 0 Å². The smallest absolute Gasteiger partial charge is 0.311 e. The Morgan fingerprint density at radius 2 is 2.06 bits per heavy atom. The molecule has 0 radical (unpaired) electrons. The zero-order valence-electron chi connectivity index (χ0n) is 9.83. The van der Waals surface area contributed by atoms with Crippen LogP contribution in [0.15, 0.2) is 18.2 Å². The molecule has 1 aromatic carbocycles. The lowest BCUT2D eigenvalue weighted by molar-refractivity contribution is -0.149. The highest BCUT2D eigenvalue weighted by Gasteiger charge is 2.50. The monoisotopic (exact) mass is 255 g/mol. The van der Waals surface area contributed by atoms with E-state index in [-0.39, 0.29) is 18.9 Å². The fraction of sp³-hybridized carbons (Fsp3) is 0.462. The lowest BCUT2D eigenvalue weighted by Gasteiger charge is -2.28. The number of rotatable bonds is 5. The summed E-state index contributed by atoms with van der Waals surface area (Å²) in [4.78, 5) is 11.4. The van der Waals surface area contributed by atoms with Gasteiger partial charge in [-0.2, -0.15) is 0 Å². The van der Waals surface area contributed by atoms with E-state index in [9.17, 15) is 18.7 Å².